The molecule has 1 amide bonds. The number of benzene rings is 1. The number of carbonyl (C=O) groups is 1. The molecule has 3 fully saturated rings. The predicted molar refractivity (Wildman–Crippen MR) is 94.1 cm³/mol. The summed E-state index contributed by atoms with van der Waals surface area (Å²) in [5.74, 6) is 1.52. The van der Waals surface area contributed by atoms with E-state index >= 15 is 0 Å². The molecule has 130 valence electrons. The summed E-state index contributed by atoms with van der Waals surface area (Å²) in [6.07, 6.45) is 4.08. The maximum Gasteiger partial charge on any atom is 0.253 e. The van der Waals surface area contributed by atoms with Gasteiger partial charge in [-0.1, -0.05) is 17.7 Å². The number of fused-ring (bicyclic) bond motifs is 1. The van der Waals surface area contributed by atoms with E-state index in [1.54, 1.807) is 0 Å². The SMILES string of the molecule is Cc1cccc(C(=O)N2C[C@H]3CCN(CC4CCCO4)C[C@H]3C2)c1. The van der Waals surface area contributed by atoms with Crippen LogP contribution in [0, 0.1) is 18.8 Å². The van der Waals surface area contributed by atoms with E-state index in [4.69, 9.17) is 4.74 Å². The van der Waals surface area contributed by atoms with Crippen molar-refractivity contribution in [2.45, 2.75) is 32.3 Å². The highest BCUT2D eigenvalue weighted by atomic mass is 16.5. The van der Waals surface area contributed by atoms with Crippen LogP contribution in [0.5, 0.6) is 0 Å². The molecule has 4 rings (SSSR count). The first-order chi connectivity index (χ1) is 11.7. The van der Waals surface area contributed by atoms with Gasteiger partial charge in [0.1, 0.15) is 0 Å². The number of piperidine rings is 1. The molecule has 3 saturated heterocycles. The van der Waals surface area contributed by atoms with Gasteiger partial charge in [0.2, 0.25) is 0 Å². The molecule has 4 nitrogen and oxygen atoms in total. The lowest BCUT2D eigenvalue weighted by atomic mass is 9.88. The highest BCUT2D eigenvalue weighted by Crippen LogP contribution is 2.32. The van der Waals surface area contributed by atoms with E-state index in [0.717, 1.165) is 50.5 Å². The molecule has 1 aromatic rings. The summed E-state index contributed by atoms with van der Waals surface area (Å²) in [7, 11) is 0. The number of hydrogen-bond acceptors (Lipinski definition) is 3. The van der Waals surface area contributed by atoms with Crippen molar-refractivity contribution in [1.29, 1.82) is 0 Å². The molecule has 0 radical (unpaired) electrons. The second-order valence-electron chi connectivity index (χ2n) is 7.78. The largest absolute Gasteiger partial charge is 0.377 e. The number of rotatable bonds is 3. The van der Waals surface area contributed by atoms with Gasteiger partial charge in [-0.05, 0) is 56.7 Å². The summed E-state index contributed by atoms with van der Waals surface area (Å²) in [5.41, 5.74) is 1.99. The zero-order valence-corrected chi connectivity index (χ0v) is 14.6. The first kappa shape index (κ1) is 16.1. The Morgan fingerprint density at radius 3 is 2.88 bits per heavy atom. The third-order valence-electron chi connectivity index (χ3n) is 5.92. The molecule has 3 aliphatic heterocycles. The van der Waals surface area contributed by atoms with E-state index in [9.17, 15) is 4.79 Å². The van der Waals surface area contributed by atoms with Crippen LogP contribution in [0.4, 0.5) is 0 Å². The maximum absolute atomic E-state index is 12.8. The molecule has 3 aliphatic rings. The average molecular weight is 328 g/mol. The Hall–Kier alpha value is -1.39. The van der Waals surface area contributed by atoms with Crippen LogP contribution < -0.4 is 0 Å². The molecule has 24 heavy (non-hydrogen) atoms. The van der Waals surface area contributed by atoms with E-state index in [1.807, 2.05) is 31.2 Å². The van der Waals surface area contributed by atoms with Gasteiger partial charge in [-0.2, -0.15) is 0 Å². The van der Waals surface area contributed by atoms with Gasteiger partial charge in [-0.25, -0.2) is 0 Å². The Morgan fingerprint density at radius 1 is 1.21 bits per heavy atom. The average Bonchev–Trinajstić information content (AvgIpc) is 3.23. The van der Waals surface area contributed by atoms with Gasteiger partial charge in [-0.15, -0.1) is 0 Å². The summed E-state index contributed by atoms with van der Waals surface area (Å²) in [5, 5.41) is 0. The Labute approximate surface area is 144 Å². The van der Waals surface area contributed by atoms with Crippen LogP contribution >= 0.6 is 0 Å². The topological polar surface area (TPSA) is 32.8 Å². The molecule has 0 spiro atoms. The number of amides is 1. The minimum absolute atomic E-state index is 0.207. The van der Waals surface area contributed by atoms with Crippen molar-refractivity contribution in [1.82, 2.24) is 9.80 Å². The Morgan fingerprint density at radius 2 is 2.08 bits per heavy atom. The molecule has 0 aliphatic carbocycles. The Bertz CT molecular complexity index is 597. The van der Waals surface area contributed by atoms with Crippen LogP contribution in [0.15, 0.2) is 24.3 Å². The monoisotopic (exact) mass is 328 g/mol. The quantitative estimate of drug-likeness (QED) is 0.855. The molecule has 3 heterocycles. The summed E-state index contributed by atoms with van der Waals surface area (Å²) in [6, 6.07) is 7.98. The summed E-state index contributed by atoms with van der Waals surface area (Å²) in [6.45, 7) is 8.20. The van der Waals surface area contributed by atoms with Gasteiger partial charge in [-0.3, -0.25) is 4.79 Å². The zero-order valence-electron chi connectivity index (χ0n) is 14.6. The fraction of sp³-hybridized carbons (Fsp3) is 0.650. The smallest absolute Gasteiger partial charge is 0.253 e. The van der Waals surface area contributed by atoms with E-state index in [1.165, 1.54) is 19.3 Å². The zero-order chi connectivity index (χ0) is 16.5. The summed E-state index contributed by atoms with van der Waals surface area (Å²) >= 11 is 0. The van der Waals surface area contributed by atoms with Gasteiger partial charge >= 0.3 is 0 Å². The Balaban J connectivity index is 1.36. The van der Waals surface area contributed by atoms with Crippen molar-refractivity contribution in [3.05, 3.63) is 35.4 Å². The van der Waals surface area contributed by atoms with Crippen molar-refractivity contribution in [2.75, 3.05) is 39.3 Å². The number of aryl methyl sites for hydroxylation is 1. The number of hydrogen-bond donors (Lipinski definition) is 0. The third-order valence-corrected chi connectivity index (χ3v) is 5.92. The van der Waals surface area contributed by atoms with Gasteiger partial charge in [0.15, 0.2) is 0 Å². The van der Waals surface area contributed by atoms with Crippen LogP contribution in [-0.4, -0.2) is 61.1 Å². The van der Waals surface area contributed by atoms with Crippen molar-refractivity contribution in [2.24, 2.45) is 11.8 Å². The van der Waals surface area contributed by atoms with E-state index < -0.39 is 0 Å². The minimum atomic E-state index is 0.207. The molecule has 0 saturated carbocycles. The van der Waals surface area contributed by atoms with E-state index in [2.05, 4.69) is 9.80 Å². The first-order valence-electron chi connectivity index (χ1n) is 9.39. The van der Waals surface area contributed by atoms with Crippen LogP contribution in [-0.2, 0) is 4.74 Å². The normalized spacial score (nSPS) is 30.5. The number of nitrogens with zero attached hydrogens (tertiary/aromatic N) is 2. The first-order valence-corrected chi connectivity index (χ1v) is 9.39. The molecular weight excluding hydrogens is 300 g/mol. The number of ether oxygens (including phenoxy) is 1. The van der Waals surface area contributed by atoms with Gasteiger partial charge < -0.3 is 14.5 Å². The highest BCUT2D eigenvalue weighted by Gasteiger charge is 2.39. The van der Waals surface area contributed by atoms with Crippen LogP contribution in [0.2, 0.25) is 0 Å². The highest BCUT2D eigenvalue weighted by molar-refractivity contribution is 5.94. The predicted octanol–water partition coefficient (Wildman–Crippen LogP) is 2.57. The lowest BCUT2D eigenvalue weighted by Gasteiger charge is -2.35. The van der Waals surface area contributed by atoms with Gasteiger partial charge in [0, 0.05) is 38.3 Å². The molecule has 0 bridgehead atoms. The number of likely N-dealkylation sites (tertiary alicyclic amines) is 2. The van der Waals surface area contributed by atoms with E-state index in [-0.39, 0.29) is 5.91 Å². The molecule has 1 unspecified atom stereocenters. The second-order valence-corrected chi connectivity index (χ2v) is 7.78. The molecule has 0 N–H and O–H groups in total. The fourth-order valence-corrected chi connectivity index (χ4v) is 4.61. The fourth-order valence-electron chi connectivity index (χ4n) is 4.61. The molecule has 3 atom stereocenters. The third kappa shape index (κ3) is 3.35. The Kier molecular flexibility index (Phi) is 4.59. The lowest BCUT2D eigenvalue weighted by Crippen LogP contribution is -2.43. The van der Waals surface area contributed by atoms with Crippen LogP contribution in [0.25, 0.3) is 0 Å². The minimum Gasteiger partial charge on any atom is -0.377 e. The molecular formula is C20H28N2O2. The number of carbonyl (C=O) groups excluding carboxylic acids is 1. The second kappa shape index (κ2) is 6.85. The van der Waals surface area contributed by atoms with Crippen molar-refractivity contribution < 1.29 is 9.53 Å². The van der Waals surface area contributed by atoms with Crippen LogP contribution in [0.1, 0.15) is 35.2 Å². The summed E-state index contributed by atoms with van der Waals surface area (Å²) in [4.78, 5) is 17.4. The standard InChI is InChI=1S/C20H28N2O2/c1-15-4-2-5-16(10-15)20(23)22-12-17-7-8-21(11-18(17)13-22)14-19-6-3-9-24-19/h2,4-5,10,17-19H,3,6-9,11-14H2,1H3/t17-,18+,19?/m1/s1. The van der Waals surface area contributed by atoms with E-state index in [0.29, 0.717) is 17.9 Å². The van der Waals surface area contributed by atoms with Crippen molar-refractivity contribution in [3.63, 3.8) is 0 Å². The summed E-state index contributed by atoms with van der Waals surface area (Å²) < 4.78 is 5.79. The van der Waals surface area contributed by atoms with Crippen molar-refractivity contribution in [3.8, 4) is 0 Å². The van der Waals surface area contributed by atoms with Crippen LogP contribution in [0.3, 0.4) is 0 Å². The van der Waals surface area contributed by atoms with Gasteiger partial charge in [0.25, 0.3) is 5.91 Å². The van der Waals surface area contributed by atoms with Gasteiger partial charge in [0.05, 0.1) is 6.10 Å². The molecule has 4 heteroatoms. The van der Waals surface area contributed by atoms with Crippen molar-refractivity contribution >= 4 is 5.91 Å². The molecule has 0 aromatic heterocycles. The molecule has 1 aromatic carbocycles. The lowest BCUT2D eigenvalue weighted by molar-refractivity contribution is 0.0506. The maximum atomic E-state index is 12.8.